The van der Waals surface area contributed by atoms with Gasteiger partial charge >= 0.3 is 13.1 Å². The van der Waals surface area contributed by atoms with Crippen LogP contribution in [-0.2, 0) is 11.2 Å². The standard InChI is InChI=1S/C17H23BN2O7.CH4/c21-15-10(5-6-18(25)26)3-4-13(14(15)17(23)24)27-11-8-20(9-11)16(22)12-2-1-7-19-12;/h3-4,11-12,19,21,25-26H,1-2,5-9H2,(H,23,24);1H4/t12-;/m1./s1. The van der Waals surface area contributed by atoms with Gasteiger partial charge in [-0.2, -0.15) is 0 Å². The Morgan fingerprint density at radius 2 is 2.00 bits per heavy atom. The Bertz CT molecular complexity index is 716. The van der Waals surface area contributed by atoms with Gasteiger partial charge in [0.1, 0.15) is 23.2 Å². The average Bonchev–Trinajstić information content (AvgIpc) is 3.10. The molecule has 0 spiro atoms. The third kappa shape index (κ3) is 4.75. The highest BCUT2D eigenvalue weighted by molar-refractivity contribution is 6.41. The van der Waals surface area contributed by atoms with Gasteiger partial charge in [-0.15, -0.1) is 0 Å². The largest absolute Gasteiger partial charge is 0.507 e. The summed E-state index contributed by atoms with van der Waals surface area (Å²) in [6, 6.07) is 2.81. The van der Waals surface area contributed by atoms with Crippen LogP contribution >= 0.6 is 0 Å². The number of carboxylic acids is 1. The summed E-state index contributed by atoms with van der Waals surface area (Å²) in [5.74, 6) is -1.71. The smallest absolute Gasteiger partial charge is 0.451 e. The summed E-state index contributed by atoms with van der Waals surface area (Å²) >= 11 is 0. The van der Waals surface area contributed by atoms with Crippen LogP contribution in [0.15, 0.2) is 12.1 Å². The molecule has 9 nitrogen and oxygen atoms in total. The molecule has 0 aliphatic carbocycles. The van der Waals surface area contributed by atoms with E-state index in [9.17, 15) is 19.8 Å². The number of carbonyl (C=O) groups excluding carboxylic acids is 1. The SMILES string of the molecule is C.O=C(O)c1c(OC2CN(C(=O)[C@H]3CCCN3)C2)ccc(CCB(O)O)c1O. The number of ether oxygens (including phenoxy) is 1. The first-order valence-electron chi connectivity index (χ1n) is 9.00. The number of hydrogen-bond acceptors (Lipinski definition) is 7. The Hall–Kier alpha value is -2.30. The lowest BCUT2D eigenvalue weighted by Gasteiger charge is -2.40. The molecule has 2 aliphatic heterocycles. The van der Waals surface area contributed by atoms with Crippen LogP contribution in [0.5, 0.6) is 11.5 Å². The lowest BCUT2D eigenvalue weighted by Crippen LogP contribution is -2.59. The topological polar surface area (TPSA) is 140 Å². The van der Waals surface area contributed by atoms with Crippen LogP contribution in [-0.4, -0.2) is 75.9 Å². The third-order valence-corrected chi connectivity index (χ3v) is 4.92. The highest BCUT2D eigenvalue weighted by atomic mass is 16.5. The molecule has 1 aromatic rings. The van der Waals surface area contributed by atoms with Gasteiger partial charge in [0.05, 0.1) is 19.1 Å². The van der Waals surface area contributed by atoms with Crippen LogP contribution < -0.4 is 10.1 Å². The molecule has 0 saturated carbocycles. The molecule has 2 heterocycles. The fourth-order valence-electron chi connectivity index (χ4n) is 3.39. The van der Waals surface area contributed by atoms with E-state index < -0.39 is 18.8 Å². The van der Waals surface area contributed by atoms with Crippen LogP contribution in [0.1, 0.15) is 36.2 Å². The number of rotatable bonds is 7. The number of phenols is 1. The van der Waals surface area contributed by atoms with Crippen LogP contribution in [0.25, 0.3) is 0 Å². The Kier molecular flexibility index (Phi) is 7.28. The summed E-state index contributed by atoms with van der Waals surface area (Å²) in [6.07, 6.45) is 1.55. The van der Waals surface area contributed by atoms with Crippen molar-refractivity contribution >= 4 is 19.0 Å². The van der Waals surface area contributed by atoms with Crippen molar-refractivity contribution in [2.24, 2.45) is 0 Å². The predicted octanol–water partition coefficient (Wildman–Crippen LogP) is 0.0834. The van der Waals surface area contributed by atoms with Crippen molar-refractivity contribution < 1.29 is 34.6 Å². The first kappa shape index (κ1) is 22.0. The van der Waals surface area contributed by atoms with Crippen LogP contribution in [0.4, 0.5) is 0 Å². The van der Waals surface area contributed by atoms with Gasteiger partial charge < -0.3 is 35.2 Å². The second-order valence-corrected chi connectivity index (χ2v) is 6.90. The van der Waals surface area contributed by atoms with Crippen LogP contribution in [0, 0.1) is 0 Å². The summed E-state index contributed by atoms with van der Waals surface area (Å²) in [4.78, 5) is 25.5. The summed E-state index contributed by atoms with van der Waals surface area (Å²) in [6.45, 7) is 1.58. The molecule has 1 amide bonds. The minimum atomic E-state index is -1.54. The average molecular weight is 394 g/mol. The summed E-state index contributed by atoms with van der Waals surface area (Å²) < 4.78 is 5.69. The molecule has 2 aliphatic rings. The van der Waals surface area contributed by atoms with E-state index in [2.05, 4.69) is 5.32 Å². The number of amides is 1. The van der Waals surface area contributed by atoms with Crippen molar-refractivity contribution in [3.63, 3.8) is 0 Å². The number of benzene rings is 1. The maximum absolute atomic E-state index is 12.3. The molecule has 2 fully saturated rings. The van der Waals surface area contributed by atoms with Gasteiger partial charge in [-0.25, -0.2) is 4.79 Å². The molecule has 0 unspecified atom stereocenters. The van der Waals surface area contributed by atoms with Gasteiger partial charge in [-0.1, -0.05) is 13.5 Å². The molecule has 0 aromatic heterocycles. The molecular formula is C18H27BN2O7. The zero-order chi connectivity index (χ0) is 19.6. The Morgan fingerprint density at radius 1 is 1.29 bits per heavy atom. The van der Waals surface area contributed by atoms with E-state index in [1.165, 1.54) is 12.1 Å². The minimum absolute atomic E-state index is 0. The fraction of sp³-hybridized carbons (Fsp3) is 0.556. The number of carboxylic acid groups (broad SMARTS) is 1. The Morgan fingerprint density at radius 3 is 2.57 bits per heavy atom. The zero-order valence-electron chi connectivity index (χ0n) is 14.8. The number of nitrogens with zero attached hydrogens (tertiary/aromatic N) is 1. The lowest BCUT2D eigenvalue weighted by molar-refractivity contribution is -0.141. The number of aromatic carboxylic acids is 1. The zero-order valence-corrected chi connectivity index (χ0v) is 14.8. The molecule has 1 atom stereocenters. The molecule has 10 heteroatoms. The van der Waals surface area contributed by atoms with Crippen molar-refractivity contribution in [2.45, 2.75) is 45.2 Å². The number of aryl methyl sites for hydroxylation is 1. The highest BCUT2D eigenvalue weighted by Crippen LogP contribution is 2.34. The molecule has 0 radical (unpaired) electrons. The van der Waals surface area contributed by atoms with E-state index in [0.717, 1.165) is 19.4 Å². The maximum Gasteiger partial charge on any atom is 0.451 e. The molecule has 3 rings (SSSR count). The monoisotopic (exact) mass is 394 g/mol. The van der Waals surface area contributed by atoms with Crippen LogP contribution in [0.2, 0.25) is 6.32 Å². The summed E-state index contributed by atoms with van der Waals surface area (Å²) in [7, 11) is -1.54. The molecule has 154 valence electrons. The van der Waals surface area contributed by atoms with Crippen molar-refractivity contribution in [3.8, 4) is 11.5 Å². The Balaban J connectivity index is 0.00000280. The molecule has 5 N–H and O–H groups in total. The van der Waals surface area contributed by atoms with Crippen molar-refractivity contribution in [3.05, 3.63) is 23.3 Å². The third-order valence-electron chi connectivity index (χ3n) is 4.92. The number of nitrogens with one attached hydrogen (secondary N) is 1. The van der Waals surface area contributed by atoms with E-state index in [-0.39, 0.29) is 49.5 Å². The quantitative estimate of drug-likeness (QED) is 0.410. The fourth-order valence-corrected chi connectivity index (χ4v) is 3.39. The van der Waals surface area contributed by atoms with Gasteiger partial charge in [-0.3, -0.25) is 4.79 Å². The molecule has 2 saturated heterocycles. The highest BCUT2D eigenvalue weighted by Gasteiger charge is 2.37. The van der Waals surface area contributed by atoms with Gasteiger partial charge in [0.15, 0.2) is 0 Å². The first-order valence-corrected chi connectivity index (χ1v) is 9.00. The van der Waals surface area contributed by atoms with Crippen molar-refractivity contribution in [1.82, 2.24) is 10.2 Å². The molecule has 1 aromatic carbocycles. The number of aromatic hydroxyl groups is 1. The molecule has 0 bridgehead atoms. The van der Waals surface area contributed by atoms with E-state index in [1.807, 2.05) is 0 Å². The number of likely N-dealkylation sites (tertiary alicyclic amines) is 1. The second kappa shape index (κ2) is 9.27. The van der Waals surface area contributed by atoms with E-state index in [1.54, 1.807) is 4.90 Å². The number of hydrogen-bond donors (Lipinski definition) is 5. The first-order chi connectivity index (χ1) is 12.9. The summed E-state index contributed by atoms with van der Waals surface area (Å²) in [5.41, 5.74) is -0.0623. The van der Waals surface area contributed by atoms with Gasteiger partial charge in [0, 0.05) is 0 Å². The van der Waals surface area contributed by atoms with Gasteiger partial charge in [-0.05, 0) is 43.8 Å². The molecule has 28 heavy (non-hydrogen) atoms. The lowest BCUT2D eigenvalue weighted by atomic mass is 9.82. The predicted molar refractivity (Wildman–Crippen MR) is 103 cm³/mol. The van der Waals surface area contributed by atoms with Crippen molar-refractivity contribution in [2.75, 3.05) is 19.6 Å². The van der Waals surface area contributed by atoms with E-state index in [0.29, 0.717) is 18.7 Å². The van der Waals surface area contributed by atoms with E-state index >= 15 is 0 Å². The van der Waals surface area contributed by atoms with Gasteiger partial charge in [0.25, 0.3) is 0 Å². The minimum Gasteiger partial charge on any atom is -0.507 e. The molecular weight excluding hydrogens is 367 g/mol. The maximum atomic E-state index is 12.3. The Labute approximate surface area is 164 Å². The normalized spacial score (nSPS) is 18.9. The second-order valence-electron chi connectivity index (χ2n) is 6.90. The van der Waals surface area contributed by atoms with Crippen LogP contribution in [0.3, 0.4) is 0 Å². The van der Waals surface area contributed by atoms with Gasteiger partial charge in [0.2, 0.25) is 5.91 Å². The number of carbonyl (C=O) groups is 2. The van der Waals surface area contributed by atoms with Crippen molar-refractivity contribution in [1.29, 1.82) is 0 Å². The summed E-state index contributed by atoms with van der Waals surface area (Å²) in [5, 5.41) is 40.7. The van der Waals surface area contributed by atoms with E-state index in [4.69, 9.17) is 14.8 Å².